The Kier molecular flexibility index (Phi) is 4.99. The van der Waals surface area contributed by atoms with Gasteiger partial charge in [-0.15, -0.1) is 0 Å². The van der Waals surface area contributed by atoms with Gasteiger partial charge < -0.3 is 4.74 Å². The molecule has 1 aromatic carbocycles. The first-order valence-corrected chi connectivity index (χ1v) is 6.11. The van der Waals surface area contributed by atoms with Crippen molar-refractivity contribution in [2.75, 3.05) is 6.61 Å². The van der Waals surface area contributed by atoms with Crippen LogP contribution < -0.4 is 4.74 Å². The summed E-state index contributed by atoms with van der Waals surface area (Å²) in [4.78, 5) is -0.940. The first kappa shape index (κ1) is 12.9. The molecular formula is C10H10Br2F2O. The largest absolute Gasteiger partial charge is 0.493 e. The van der Waals surface area contributed by atoms with Crippen LogP contribution in [0, 0.1) is 0 Å². The lowest BCUT2D eigenvalue weighted by Gasteiger charge is -2.11. The number of ether oxygens (including phenoxy) is 1. The third-order valence-electron chi connectivity index (χ3n) is 1.80. The monoisotopic (exact) mass is 342 g/mol. The quantitative estimate of drug-likeness (QED) is 0.729. The number of halogens is 4. The summed E-state index contributed by atoms with van der Waals surface area (Å²) in [7, 11) is 0. The summed E-state index contributed by atoms with van der Waals surface area (Å²) < 4.78 is 30.8. The molecule has 0 amide bonds. The Morgan fingerprint density at radius 3 is 2.53 bits per heavy atom. The average Bonchev–Trinajstić information content (AvgIpc) is 2.20. The number of rotatable bonds is 4. The van der Waals surface area contributed by atoms with Crippen LogP contribution in [-0.4, -0.2) is 13.0 Å². The molecule has 84 valence electrons. The smallest absolute Gasteiger partial charge is 0.255 e. The van der Waals surface area contributed by atoms with Crippen LogP contribution in [-0.2, 0) is 0 Å². The predicted octanol–water partition coefficient (Wildman–Crippen LogP) is 4.55. The molecule has 1 rings (SSSR count). The van der Waals surface area contributed by atoms with Crippen LogP contribution in [0.4, 0.5) is 8.78 Å². The van der Waals surface area contributed by atoms with Gasteiger partial charge in [-0.1, -0.05) is 22.0 Å². The van der Waals surface area contributed by atoms with E-state index < -0.39 is 11.3 Å². The summed E-state index contributed by atoms with van der Waals surface area (Å²) in [6.07, 6.45) is -2.42. The lowest BCUT2D eigenvalue weighted by Crippen LogP contribution is -2.02. The normalized spacial score (nSPS) is 12.9. The van der Waals surface area contributed by atoms with Gasteiger partial charge in [0.2, 0.25) is 0 Å². The second-order valence-corrected chi connectivity index (χ2v) is 4.70. The van der Waals surface area contributed by atoms with Gasteiger partial charge in [0, 0.05) is 0 Å². The lowest BCUT2D eigenvalue weighted by molar-refractivity contribution is 0.147. The third kappa shape index (κ3) is 3.41. The maximum Gasteiger partial charge on any atom is 0.255 e. The maximum absolute atomic E-state index is 12.4. The zero-order valence-electron chi connectivity index (χ0n) is 8.01. The van der Waals surface area contributed by atoms with E-state index in [2.05, 4.69) is 31.9 Å². The van der Waals surface area contributed by atoms with E-state index in [1.54, 1.807) is 18.2 Å². The SMILES string of the molecule is CCOc1ccc(C(Br)C(F)F)cc1Br. The van der Waals surface area contributed by atoms with Crippen molar-refractivity contribution < 1.29 is 13.5 Å². The highest BCUT2D eigenvalue weighted by Crippen LogP contribution is 2.34. The number of alkyl halides is 3. The van der Waals surface area contributed by atoms with Crippen molar-refractivity contribution in [2.45, 2.75) is 18.2 Å². The Hall–Kier alpha value is -0.160. The van der Waals surface area contributed by atoms with E-state index in [9.17, 15) is 8.78 Å². The molecule has 0 saturated carbocycles. The first-order valence-electron chi connectivity index (χ1n) is 4.40. The van der Waals surface area contributed by atoms with Crippen molar-refractivity contribution >= 4 is 31.9 Å². The van der Waals surface area contributed by atoms with Crippen molar-refractivity contribution in [3.8, 4) is 5.75 Å². The summed E-state index contributed by atoms with van der Waals surface area (Å²) in [6.45, 7) is 2.41. The molecule has 1 nitrogen and oxygen atoms in total. The van der Waals surface area contributed by atoms with Gasteiger partial charge in [-0.25, -0.2) is 8.78 Å². The van der Waals surface area contributed by atoms with Gasteiger partial charge in [-0.2, -0.15) is 0 Å². The Bertz CT molecular complexity index is 331. The molecule has 1 unspecified atom stereocenters. The number of hydrogen-bond donors (Lipinski definition) is 0. The minimum Gasteiger partial charge on any atom is -0.493 e. The maximum atomic E-state index is 12.4. The standard InChI is InChI=1S/C10H10Br2F2O/c1-2-15-8-4-3-6(5-7(8)11)9(12)10(13)14/h3-5,9-10H,2H2,1H3. The van der Waals surface area contributed by atoms with E-state index in [1.807, 2.05) is 6.92 Å². The Balaban J connectivity index is 2.90. The van der Waals surface area contributed by atoms with Crippen LogP contribution in [0.25, 0.3) is 0 Å². The van der Waals surface area contributed by atoms with Crippen molar-refractivity contribution in [2.24, 2.45) is 0 Å². The van der Waals surface area contributed by atoms with Gasteiger partial charge in [-0.3, -0.25) is 0 Å². The molecule has 0 saturated heterocycles. The molecular weight excluding hydrogens is 334 g/mol. The van der Waals surface area contributed by atoms with E-state index >= 15 is 0 Å². The van der Waals surface area contributed by atoms with Crippen molar-refractivity contribution in [3.05, 3.63) is 28.2 Å². The van der Waals surface area contributed by atoms with E-state index in [0.29, 0.717) is 22.4 Å². The van der Waals surface area contributed by atoms with E-state index in [0.717, 1.165) is 0 Å². The zero-order chi connectivity index (χ0) is 11.4. The highest BCUT2D eigenvalue weighted by atomic mass is 79.9. The van der Waals surface area contributed by atoms with Gasteiger partial charge >= 0.3 is 0 Å². The van der Waals surface area contributed by atoms with Gasteiger partial charge in [0.1, 0.15) is 10.6 Å². The molecule has 0 heterocycles. The highest BCUT2D eigenvalue weighted by molar-refractivity contribution is 9.10. The average molecular weight is 344 g/mol. The molecule has 0 aromatic heterocycles. The van der Waals surface area contributed by atoms with E-state index in [-0.39, 0.29) is 0 Å². The summed E-state index contributed by atoms with van der Waals surface area (Å²) >= 11 is 6.21. The predicted molar refractivity (Wildman–Crippen MR) is 63.0 cm³/mol. The topological polar surface area (TPSA) is 9.23 Å². The summed E-state index contributed by atoms with van der Waals surface area (Å²) in [5, 5.41) is 0. The minimum atomic E-state index is -2.42. The molecule has 1 aromatic rings. The molecule has 0 N–H and O–H groups in total. The first-order chi connectivity index (χ1) is 7.06. The van der Waals surface area contributed by atoms with Crippen molar-refractivity contribution in [1.29, 1.82) is 0 Å². The fourth-order valence-corrected chi connectivity index (χ4v) is 1.90. The van der Waals surface area contributed by atoms with Crippen LogP contribution in [0.2, 0.25) is 0 Å². The van der Waals surface area contributed by atoms with Gasteiger partial charge in [0.15, 0.2) is 0 Å². The molecule has 0 bridgehead atoms. The molecule has 0 spiro atoms. The van der Waals surface area contributed by atoms with Gasteiger partial charge in [0.05, 0.1) is 11.1 Å². The van der Waals surface area contributed by atoms with E-state index in [1.165, 1.54) is 0 Å². The van der Waals surface area contributed by atoms with Crippen molar-refractivity contribution in [1.82, 2.24) is 0 Å². The van der Waals surface area contributed by atoms with Crippen LogP contribution in [0.1, 0.15) is 17.3 Å². The van der Waals surface area contributed by atoms with Crippen LogP contribution in [0.5, 0.6) is 5.75 Å². The summed E-state index contributed by atoms with van der Waals surface area (Å²) in [5.41, 5.74) is 0.528. The lowest BCUT2D eigenvalue weighted by atomic mass is 10.1. The van der Waals surface area contributed by atoms with Crippen LogP contribution in [0.15, 0.2) is 22.7 Å². The van der Waals surface area contributed by atoms with Gasteiger partial charge in [0.25, 0.3) is 6.43 Å². The molecule has 0 aliphatic rings. The fourth-order valence-electron chi connectivity index (χ4n) is 1.11. The molecule has 0 aliphatic heterocycles. The third-order valence-corrected chi connectivity index (χ3v) is 3.34. The fraction of sp³-hybridized carbons (Fsp3) is 0.400. The summed E-state index contributed by atoms with van der Waals surface area (Å²) in [5.74, 6) is 0.662. The second kappa shape index (κ2) is 5.80. The molecule has 1 atom stereocenters. The zero-order valence-corrected chi connectivity index (χ0v) is 11.2. The highest BCUT2D eigenvalue weighted by Gasteiger charge is 2.19. The molecule has 0 fully saturated rings. The molecule has 15 heavy (non-hydrogen) atoms. The molecule has 5 heteroatoms. The number of hydrogen-bond acceptors (Lipinski definition) is 1. The second-order valence-electron chi connectivity index (χ2n) is 2.86. The van der Waals surface area contributed by atoms with Crippen LogP contribution in [0.3, 0.4) is 0 Å². The Morgan fingerprint density at radius 2 is 2.07 bits per heavy atom. The Morgan fingerprint density at radius 1 is 1.40 bits per heavy atom. The molecule has 0 radical (unpaired) electrons. The van der Waals surface area contributed by atoms with Crippen LogP contribution >= 0.6 is 31.9 Å². The number of benzene rings is 1. The van der Waals surface area contributed by atoms with Crippen molar-refractivity contribution in [3.63, 3.8) is 0 Å². The van der Waals surface area contributed by atoms with E-state index in [4.69, 9.17) is 4.74 Å². The Labute approximate surface area is 104 Å². The minimum absolute atomic E-state index is 0.528. The molecule has 0 aliphatic carbocycles. The van der Waals surface area contributed by atoms with Gasteiger partial charge in [-0.05, 0) is 40.5 Å². The summed E-state index contributed by atoms with van der Waals surface area (Å²) in [6, 6.07) is 4.94.